The number of nitrogens with zero attached hydrogens (tertiary/aromatic N) is 1. The molecule has 0 atom stereocenters. The third-order valence-corrected chi connectivity index (χ3v) is 2.52. The smallest absolute Gasteiger partial charge is 0.244 e. The number of halogens is 4. The van der Waals surface area contributed by atoms with Gasteiger partial charge in [0.2, 0.25) is 0 Å². The molecule has 0 spiro atoms. The fraction of sp³-hybridized carbons (Fsp3) is 0.182. The van der Waals surface area contributed by atoms with E-state index in [1.807, 2.05) is 0 Å². The largest absolute Gasteiger partial charge is 0.280 e. The first-order chi connectivity index (χ1) is 7.49. The fourth-order valence-corrected chi connectivity index (χ4v) is 1.77. The van der Waals surface area contributed by atoms with Crippen LogP contribution < -0.4 is 0 Å². The van der Waals surface area contributed by atoms with Crippen LogP contribution in [0.4, 0.5) is 13.2 Å². The summed E-state index contributed by atoms with van der Waals surface area (Å²) >= 11 is 5.81. The van der Waals surface area contributed by atoms with Crippen molar-refractivity contribution >= 4 is 22.5 Å². The van der Waals surface area contributed by atoms with Crippen LogP contribution in [0.3, 0.4) is 0 Å². The Hall–Kier alpha value is -1.29. The normalized spacial score (nSPS) is 11.4. The molecule has 1 heterocycles. The zero-order chi connectivity index (χ0) is 11.9. The van der Waals surface area contributed by atoms with Gasteiger partial charge in [-0.3, -0.25) is 0 Å². The van der Waals surface area contributed by atoms with Gasteiger partial charge in [0.1, 0.15) is 17.0 Å². The van der Waals surface area contributed by atoms with Crippen LogP contribution >= 0.6 is 11.6 Å². The van der Waals surface area contributed by atoms with Gasteiger partial charge in [0.25, 0.3) is 6.43 Å². The summed E-state index contributed by atoms with van der Waals surface area (Å²) in [5.74, 6) is -0.639. The molecule has 0 aliphatic carbocycles. The highest BCUT2D eigenvalue weighted by Crippen LogP contribution is 2.29. The van der Waals surface area contributed by atoms with E-state index in [-0.39, 0.29) is 10.5 Å². The standard InChI is InChI=1S/C11H7ClF3N/c1-5-2-6-7(12)4-9(11(14)15)16-10(6)8(13)3-5/h2-4,11H,1H3. The Kier molecular flexibility index (Phi) is 2.76. The monoisotopic (exact) mass is 245 g/mol. The molecule has 0 radical (unpaired) electrons. The van der Waals surface area contributed by atoms with Gasteiger partial charge in [0.15, 0.2) is 0 Å². The van der Waals surface area contributed by atoms with Crippen LogP contribution in [0.5, 0.6) is 0 Å². The van der Waals surface area contributed by atoms with Crippen molar-refractivity contribution in [3.05, 3.63) is 40.3 Å². The minimum Gasteiger partial charge on any atom is -0.244 e. The second-order valence-electron chi connectivity index (χ2n) is 3.47. The Bertz CT molecular complexity index is 554. The van der Waals surface area contributed by atoms with E-state index >= 15 is 0 Å². The third kappa shape index (κ3) is 1.85. The van der Waals surface area contributed by atoms with Crippen molar-refractivity contribution in [2.45, 2.75) is 13.3 Å². The van der Waals surface area contributed by atoms with Crippen LogP contribution in [0.1, 0.15) is 17.7 Å². The topological polar surface area (TPSA) is 12.9 Å². The molecule has 0 unspecified atom stereocenters. The van der Waals surface area contributed by atoms with Crippen molar-refractivity contribution in [1.82, 2.24) is 4.98 Å². The van der Waals surface area contributed by atoms with Crippen LogP contribution in [-0.2, 0) is 0 Å². The molecule has 0 saturated heterocycles. The van der Waals surface area contributed by atoms with E-state index < -0.39 is 17.9 Å². The molecule has 0 N–H and O–H groups in total. The second-order valence-corrected chi connectivity index (χ2v) is 3.88. The lowest BCUT2D eigenvalue weighted by Crippen LogP contribution is -1.94. The van der Waals surface area contributed by atoms with Gasteiger partial charge in [0.05, 0.1) is 5.02 Å². The van der Waals surface area contributed by atoms with Crippen molar-refractivity contribution in [2.24, 2.45) is 0 Å². The van der Waals surface area contributed by atoms with Crippen LogP contribution in [0.2, 0.25) is 5.02 Å². The summed E-state index contributed by atoms with van der Waals surface area (Å²) in [6.07, 6.45) is -2.76. The number of hydrogen-bond acceptors (Lipinski definition) is 1. The summed E-state index contributed by atoms with van der Waals surface area (Å²) in [4.78, 5) is 3.57. The summed E-state index contributed by atoms with van der Waals surface area (Å²) in [7, 11) is 0. The zero-order valence-corrected chi connectivity index (χ0v) is 9.02. The SMILES string of the molecule is Cc1cc(F)c2nc(C(F)F)cc(Cl)c2c1. The summed E-state index contributed by atoms with van der Waals surface area (Å²) < 4.78 is 38.4. The van der Waals surface area contributed by atoms with Gasteiger partial charge >= 0.3 is 0 Å². The van der Waals surface area contributed by atoms with Crippen LogP contribution in [-0.4, -0.2) is 4.98 Å². The van der Waals surface area contributed by atoms with Crippen molar-refractivity contribution < 1.29 is 13.2 Å². The van der Waals surface area contributed by atoms with Gasteiger partial charge in [-0.2, -0.15) is 0 Å². The molecule has 0 saturated carbocycles. The third-order valence-electron chi connectivity index (χ3n) is 2.20. The number of aryl methyl sites for hydroxylation is 1. The highest BCUT2D eigenvalue weighted by atomic mass is 35.5. The molecular formula is C11H7ClF3N. The Morgan fingerprint density at radius 2 is 1.94 bits per heavy atom. The lowest BCUT2D eigenvalue weighted by Gasteiger charge is -2.06. The Morgan fingerprint density at radius 1 is 1.25 bits per heavy atom. The fourth-order valence-electron chi connectivity index (χ4n) is 1.51. The number of fused-ring (bicyclic) bond motifs is 1. The molecule has 0 fully saturated rings. The highest BCUT2D eigenvalue weighted by molar-refractivity contribution is 6.35. The van der Waals surface area contributed by atoms with Crippen LogP contribution in [0, 0.1) is 12.7 Å². The van der Waals surface area contributed by atoms with Gasteiger partial charge < -0.3 is 0 Å². The van der Waals surface area contributed by atoms with Crippen molar-refractivity contribution in [3.63, 3.8) is 0 Å². The van der Waals surface area contributed by atoms with Gasteiger partial charge in [-0.15, -0.1) is 0 Å². The Labute approximate surface area is 94.9 Å². The van der Waals surface area contributed by atoms with E-state index in [1.54, 1.807) is 13.0 Å². The average molecular weight is 246 g/mol. The lowest BCUT2D eigenvalue weighted by molar-refractivity contribution is 0.146. The van der Waals surface area contributed by atoms with Crippen LogP contribution in [0.25, 0.3) is 10.9 Å². The molecule has 0 aliphatic heterocycles. The first-order valence-electron chi connectivity index (χ1n) is 4.53. The van der Waals surface area contributed by atoms with Crippen molar-refractivity contribution in [3.8, 4) is 0 Å². The minimum atomic E-state index is -2.76. The average Bonchev–Trinajstić information content (AvgIpc) is 2.19. The molecule has 2 rings (SSSR count). The Morgan fingerprint density at radius 3 is 2.56 bits per heavy atom. The van der Waals surface area contributed by atoms with E-state index in [1.165, 1.54) is 6.07 Å². The van der Waals surface area contributed by atoms with E-state index in [0.717, 1.165) is 6.07 Å². The molecular weight excluding hydrogens is 239 g/mol. The molecule has 0 bridgehead atoms. The lowest BCUT2D eigenvalue weighted by atomic mass is 10.1. The van der Waals surface area contributed by atoms with E-state index in [2.05, 4.69) is 4.98 Å². The maximum absolute atomic E-state index is 13.5. The molecule has 5 heteroatoms. The molecule has 2 aromatic rings. The summed E-state index contributed by atoms with van der Waals surface area (Å²) in [5, 5.41) is 0.437. The molecule has 16 heavy (non-hydrogen) atoms. The maximum atomic E-state index is 13.5. The second kappa shape index (κ2) is 3.94. The summed E-state index contributed by atoms with van der Waals surface area (Å²) in [6.45, 7) is 1.69. The van der Waals surface area contributed by atoms with E-state index in [4.69, 9.17) is 11.6 Å². The zero-order valence-electron chi connectivity index (χ0n) is 8.27. The molecule has 1 aromatic carbocycles. The number of hydrogen-bond donors (Lipinski definition) is 0. The number of alkyl halides is 2. The minimum absolute atomic E-state index is 0.0860. The molecule has 0 amide bonds. The van der Waals surface area contributed by atoms with Gasteiger partial charge in [-0.1, -0.05) is 11.6 Å². The maximum Gasteiger partial charge on any atom is 0.280 e. The number of aromatic nitrogens is 1. The molecule has 0 aliphatic rings. The quantitative estimate of drug-likeness (QED) is 0.731. The van der Waals surface area contributed by atoms with Crippen LogP contribution in [0.15, 0.2) is 18.2 Å². The predicted octanol–water partition coefficient (Wildman–Crippen LogP) is 4.27. The number of rotatable bonds is 1. The first kappa shape index (κ1) is 11.2. The predicted molar refractivity (Wildman–Crippen MR) is 56.4 cm³/mol. The van der Waals surface area contributed by atoms with Gasteiger partial charge in [-0.25, -0.2) is 18.2 Å². The van der Waals surface area contributed by atoms with Gasteiger partial charge in [0, 0.05) is 5.39 Å². The van der Waals surface area contributed by atoms with Gasteiger partial charge in [-0.05, 0) is 30.7 Å². The highest BCUT2D eigenvalue weighted by Gasteiger charge is 2.14. The molecule has 1 aromatic heterocycles. The number of pyridine rings is 1. The molecule has 1 nitrogen and oxygen atoms in total. The van der Waals surface area contributed by atoms with Crippen molar-refractivity contribution in [2.75, 3.05) is 0 Å². The first-order valence-corrected chi connectivity index (χ1v) is 4.91. The summed E-state index contributed by atoms with van der Waals surface area (Å²) in [5.41, 5.74) is 0.0344. The molecule has 84 valence electrons. The van der Waals surface area contributed by atoms with E-state index in [9.17, 15) is 13.2 Å². The number of benzene rings is 1. The Balaban J connectivity index is 2.82. The van der Waals surface area contributed by atoms with E-state index in [0.29, 0.717) is 10.9 Å². The van der Waals surface area contributed by atoms with Crippen molar-refractivity contribution in [1.29, 1.82) is 0 Å². The summed E-state index contributed by atoms with van der Waals surface area (Å²) in [6, 6.07) is 3.91.